The molecule has 5 nitrogen and oxygen atoms in total. The van der Waals surface area contributed by atoms with Crippen molar-refractivity contribution in [2.75, 3.05) is 0 Å². The van der Waals surface area contributed by atoms with Gasteiger partial charge in [0, 0.05) is 11.1 Å². The quantitative estimate of drug-likeness (QED) is 0.492. The summed E-state index contributed by atoms with van der Waals surface area (Å²) in [6.07, 6.45) is 2.08. The summed E-state index contributed by atoms with van der Waals surface area (Å²) in [5.74, 6) is -0.0204. The molecular formula is C21H20ClN3O2S. The van der Waals surface area contributed by atoms with Crippen molar-refractivity contribution in [3.63, 3.8) is 0 Å². The van der Waals surface area contributed by atoms with Crippen LogP contribution in [0, 0.1) is 0 Å². The summed E-state index contributed by atoms with van der Waals surface area (Å²) >= 11 is 7.29. The number of hydrogen-bond donors (Lipinski definition) is 1. The molecule has 0 aliphatic heterocycles. The molecule has 1 N–H and O–H groups in total. The summed E-state index contributed by atoms with van der Waals surface area (Å²) in [5.41, 5.74) is 1.47. The van der Waals surface area contributed by atoms with Crippen LogP contribution in [-0.4, -0.2) is 26.8 Å². The van der Waals surface area contributed by atoms with E-state index >= 15 is 0 Å². The highest BCUT2D eigenvalue weighted by Crippen LogP contribution is 2.25. The predicted octanol–water partition coefficient (Wildman–Crippen LogP) is 3.86. The lowest BCUT2D eigenvalue weighted by Crippen LogP contribution is -2.33. The van der Waals surface area contributed by atoms with Crippen molar-refractivity contribution in [3.05, 3.63) is 69.5 Å². The van der Waals surface area contributed by atoms with Crippen molar-refractivity contribution < 1.29 is 4.79 Å². The lowest BCUT2D eigenvalue weighted by Gasteiger charge is -2.16. The number of nitrogens with one attached hydrogen (secondary N) is 1. The van der Waals surface area contributed by atoms with Gasteiger partial charge in [0.2, 0.25) is 5.91 Å². The molecular weight excluding hydrogens is 394 g/mol. The van der Waals surface area contributed by atoms with Gasteiger partial charge in [0.25, 0.3) is 5.56 Å². The fraction of sp³-hybridized carbons (Fsp3) is 0.286. The number of nitrogens with zero attached hydrogens (tertiary/aromatic N) is 2. The fourth-order valence-electron chi connectivity index (χ4n) is 2.91. The molecule has 0 bridgehead atoms. The number of para-hydroxylation sites is 1. The highest BCUT2D eigenvalue weighted by atomic mass is 35.5. The monoisotopic (exact) mass is 413 g/mol. The van der Waals surface area contributed by atoms with Gasteiger partial charge in [-0.05, 0) is 49.6 Å². The molecule has 1 aromatic heterocycles. The van der Waals surface area contributed by atoms with E-state index in [1.807, 2.05) is 37.3 Å². The number of aromatic nitrogens is 2. The zero-order valence-electron chi connectivity index (χ0n) is 15.4. The molecule has 1 fully saturated rings. The Morgan fingerprint density at radius 1 is 1.25 bits per heavy atom. The molecule has 1 aliphatic rings. The summed E-state index contributed by atoms with van der Waals surface area (Å²) < 4.78 is 1.64. The molecule has 1 atom stereocenters. The van der Waals surface area contributed by atoms with E-state index in [1.165, 1.54) is 11.8 Å². The van der Waals surface area contributed by atoms with Crippen LogP contribution in [-0.2, 0) is 11.3 Å². The molecule has 0 spiro atoms. The third kappa shape index (κ3) is 4.23. The predicted molar refractivity (Wildman–Crippen MR) is 113 cm³/mol. The minimum absolute atomic E-state index is 0.0204. The van der Waals surface area contributed by atoms with Crippen molar-refractivity contribution in [2.45, 2.75) is 42.8 Å². The molecule has 0 saturated heterocycles. The van der Waals surface area contributed by atoms with Crippen LogP contribution in [0.3, 0.4) is 0 Å². The number of halogens is 1. The minimum Gasteiger partial charge on any atom is -0.352 e. The Hall–Kier alpha value is -2.31. The van der Waals surface area contributed by atoms with Crippen LogP contribution in [0.2, 0.25) is 5.02 Å². The van der Waals surface area contributed by atoms with E-state index in [4.69, 9.17) is 11.6 Å². The Labute approximate surface area is 172 Å². The summed E-state index contributed by atoms with van der Waals surface area (Å²) in [6.45, 7) is 2.21. The Morgan fingerprint density at radius 3 is 2.68 bits per heavy atom. The second kappa shape index (κ2) is 7.97. The maximum absolute atomic E-state index is 13.1. The number of benzene rings is 2. The standard InChI is InChI=1S/C21H20ClN3O2S/c1-13(19(26)23-16-10-11-16)28-21-24-18-5-3-2-4-17(18)20(27)25(21)12-14-6-8-15(22)9-7-14/h2-9,13,16H,10-12H2,1H3,(H,23,26)/t13-/m1/s1. The Balaban J connectivity index is 1.70. The molecule has 1 aliphatic carbocycles. The van der Waals surface area contributed by atoms with Crippen LogP contribution in [0.15, 0.2) is 58.5 Å². The van der Waals surface area contributed by atoms with Gasteiger partial charge < -0.3 is 5.32 Å². The first-order chi connectivity index (χ1) is 13.5. The van der Waals surface area contributed by atoms with Gasteiger partial charge in [-0.25, -0.2) is 4.98 Å². The third-order valence-corrected chi connectivity index (χ3v) is 6.00. The van der Waals surface area contributed by atoms with Crippen LogP contribution in [0.4, 0.5) is 0 Å². The van der Waals surface area contributed by atoms with Crippen LogP contribution >= 0.6 is 23.4 Å². The van der Waals surface area contributed by atoms with Gasteiger partial charge in [-0.3, -0.25) is 14.2 Å². The molecule has 144 valence electrons. The number of thioether (sulfide) groups is 1. The van der Waals surface area contributed by atoms with E-state index < -0.39 is 0 Å². The lowest BCUT2D eigenvalue weighted by molar-refractivity contribution is -0.120. The SMILES string of the molecule is C[C@@H](Sc1nc2ccccc2c(=O)n1Cc1ccc(Cl)cc1)C(=O)NC1CC1. The van der Waals surface area contributed by atoms with Crippen LogP contribution in [0.1, 0.15) is 25.3 Å². The maximum atomic E-state index is 13.1. The van der Waals surface area contributed by atoms with Gasteiger partial charge in [0.15, 0.2) is 5.16 Å². The summed E-state index contributed by atoms with van der Waals surface area (Å²) in [4.78, 5) is 30.2. The number of carbonyl (C=O) groups excluding carboxylic acids is 1. The van der Waals surface area contributed by atoms with Crippen LogP contribution in [0.5, 0.6) is 0 Å². The van der Waals surface area contributed by atoms with E-state index in [1.54, 1.807) is 22.8 Å². The number of fused-ring (bicyclic) bond motifs is 1. The first-order valence-corrected chi connectivity index (χ1v) is 10.5. The van der Waals surface area contributed by atoms with Gasteiger partial charge in [-0.15, -0.1) is 0 Å². The largest absolute Gasteiger partial charge is 0.352 e. The smallest absolute Gasteiger partial charge is 0.262 e. The molecule has 0 radical (unpaired) electrons. The van der Waals surface area contributed by atoms with E-state index in [0.29, 0.717) is 33.7 Å². The number of amides is 1. The Kier molecular flexibility index (Phi) is 5.42. The summed E-state index contributed by atoms with van der Waals surface area (Å²) in [7, 11) is 0. The molecule has 28 heavy (non-hydrogen) atoms. The molecule has 4 rings (SSSR count). The molecule has 0 unspecified atom stereocenters. The molecule has 7 heteroatoms. The minimum atomic E-state index is -0.342. The van der Waals surface area contributed by atoms with E-state index in [-0.39, 0.29) is 16.7 Å². The van der Waals surface area contributed by atoms with Crippen molar-refractivity contribution in [1.29, 1.82) is 0 Å². The van der Waals surface area contributed by atoms with Gasteiger partial charge in [0.05, 0.1) is 22.7 Å². The summed E-state index contributed by atoms with van der Waals surface area (Å²) in [6, 6.07) is 15.0. The average Bonchev–Trinajstić information content (AvgIpc) is 3.50. The molecule has 1 amide bonds. The highest BCUT2D eigenvalue weighted by Gasteiger charge is 2.27. The van der Waals surface area contributed by atoms with Crippen LogP contribution < -0.4 is 10.9 Å². The second-order valence-corrected chi connectivity index (χ2v) is 8.72. The zero-order valence-corrected chi connectivity index (χ0v) is 17.0. The molecule has 2 aromatic carbocycles. The van der Waals surface area contributed by atoms with Gasteiger partial charge in [-0.1, -0.05) is 47.6 Å². The molecule has 1 heterocycles. The van der Waals surface area contributed by atoms with Crippen molar-refractivity contribution in [2.24, 2.45) is 0 Å². The molecule has 3 aromatic rings. The zero-order chi connectivity index (χ0) is 19.7. The maximum Gasteiger partial charge on any atom is 0.262 e. The normalized spacial score (nSPS) is 14.8. The molecule has 1 saturated carbocycles. The first kappa shape index (κ1) is 19.0. The lowest BCUT2D eigenvalue weighted by atomic mass is 10.2. The van der Waals surface area contributed by atoms with E-state index in [0.717, 1.165) is 18.4 Å². The topological polar surface area (TPSA) is 64.0 Å². The van der Waals surface area contributed by atoms with Gasteiger partial charge in [0.1, 0.15) is 0 Å². The van der Waals surface area contributed by atoms with Crippen molar-refractivity contribution in [1.82, 2.24) is 14.9 Å². The second-order valence-electron chi connectivity index (χ2n) is 6.97. The van der Waals surface area contributed by atoms with E-state index in [2.05, 4.69) is 10.3 Å². The number of hydrogen-bond acceptors (Lipinski definition) is 4. The summed E-state index contributed by atoms with van der Waals surface area (Å²) in [5, 5.41) is 4.42. The Bertz CT molecular complexity index is 1080. The van der Waals surface area contributed by atoms with Crippen molar-refractivity contribution in [3.8, 4) is 0 Å². The van der Waals surface area contributed by atoms with Crippen molar-refractivity contribution >= 4 is 40.2 Å². The van der Waals surface area contributed by atoms with Crippen LogP contribution in [0.25, 0.3) is 10.9 Å². The fourth-order valence-corrected chi connectivity index (χ4v) is 3.95. The van der Waals surface area contributed by atoms with Gasteiger partial charge in [-0.2, -0.15) is 0 Å². The average molecular weight is 414 g/mol. The van der Waals surface area contributed by atoms with E-state index in [9.17, 15) is 9.59 Å². The first-order valence-electron chi connectivity index (χ1n) is 9.22. The Morgan fingerprint density at radius 2 is 1.96 bits per heavy atom. The number of rotatable bonds is 6. The number of carbonyl (C=O) groups is 1. The van der Waals surface area contributed by atoms with Gasteiger partial charge >= 0.3 is 0 Å². The highest BCUT2D eigenvalue weighted by molar-refractivity contribution is 8.00. The third-order valence-electron chi connectivity index (χ3n) is 4.66.